The summed E-state index contributed by atoms with van der Waals surface area (Å²) in [4.78, 5) is 22.5. The molecule has 0 bridgehead atoms. The Morgan fingerprint density at radius 1 is 0.913 bits per heavy atom. The molecule has 0 aliphatic rings. The SMILES string of the molecule is CCCCCC(CCCC)c1ccc(C(=O)CCC(=O)O)cc1. The summed E-state index contributed by atoms with van der Waals surface area (Å²) in [7, 11) is 0. The van der Waals surface area contributed by atoms with E-state index in [0.717, 1.165) is 0 Å². The fraction of sp³-hybridized carbons (Fsp3) is 0.600. The summed E-state index contributed by atoms with van der Waals surface area (Å²) in [5.74, 6) is -0.440. The van der Waals surface area contributed by atoms with Gasteiger partial charge in [0.1, 0.15) is 0 Å². The van der Waals surface area contributed by atoms with Crippen LogP contribution in [0.5, 0.6) is 0 Å². The minimum atomic E-state index is -0.925. The molecular formula is C20H30O3. The molecule has 1 N–H and O–H groups in total. The van der Waals surface area contributed by atoms with Crippen molar-refractivity contribution < 1.29 is 14.7 Å². The summed E-state index contributed by atoms with van der Waals surface area (Å²) >= 11 is 0. The van der Waals surface area contributed by atoms with Crippen LogP contribution in [-0.2, 0) is 4.79 Å². The van der Waals surface area contributed by atoms with Crippen LogP contribution in [0.25, 0.3) is 0 Å². The smallest absolute Gasteiger partial charge is 0.303 e. The maximum absolute atomic E-state index is 11.9. The zero-order chi connectivity index (χ0) is 17.1. The molecule has 3 heteroatoms. The van der Waals surface area contributed by atoms with Crippen LogP contribution in [0.15, 0.2) is 24.3 Å². The second-order valence-electron chi connectivity index (χ2n) is 6.27. The minimum absolute atomic E-state index is 0.0739. The lowest BCUT2D eigenvalue weighted by atomic mass is 9.88. The number of hydrogen-bond donors (Lipinski definition) is 1. The molecule has 1 rings (SSSR count). The van der Waals surface area contributed by atoms with E-state index in [1.165, 1.54) is 50.5 Å². The molecule has 0 saturated heterocycles. The van der Waals surface area contributed by atoms with Crippen molar-refractivity contribution in [3.05, 3.63) is 35.4 Å². The average molecular weight is 318 g/mol. The molecule has 0 heterocycles. The maximum Gasteiger partial charge on any atom is 0.303 e. The molecule has 23 heavy (non-hydrogen) atoms. The average Bonchev–Trinajstić information content (AvgIpc) is 2.56. The molecule has 128 valence electrons. The first kappa shape index (κ1) is 19.4. The number of carbonyl (C=O) groups is 2. The first-order valence-corrected chi connectivity index (χ1v) is 8.93. The van der Waals surface area contributed by atoms with Gasteiger partial charge in [-0.25, -0.2) is 0 Å². The van der Waals surface area contributed by atoms with Crippen LogP contribution in [0.3, 0.4) is 0 Å². The molecule has 0 aromatic heterocycles. The molecule has 0 fully saturated rings. The van der Waals surface area contributed by atoms with E-state index in [4.69, 9.17) is 5.11 Å². The van der Waals surface area contributed by atoms with Gasteiger partial charge in [-0.15, -0.1) is 0 Å². The fourth-order valence-electron chi connectivity index (χ4n) is 2.87. The van der Waals surface area contributed by atoms with Crippen molar-refractivity contribution >= 4 is 11.8 Å². The van der Waals surface area contributed by atoms with E-state index in [-0.39, 0.29) is 18.6 Å². The molecule has 1 aromatic carbocycles. The highest BCUT2D eigenvalue weighted by atomic mass is 16.4. The zero-order valence-corrected chi connectivity index (χ0v) is 14.5. The third kappa shape index (κ3) is 7.45. The Balaban J connectivity index is 2.68. The van der Waals surface area contributed by atoms with Crippen LogP contribution in [0, 0.1) is 0 Å². The van der Waals surface area contributed by atoms with Crippen molar-refractivity contribution in [2.75, 3.05) is 0 Å². The van der Waals surface area contributed by atoms with Crippen LogP contribution in [0.4, 0.5) is 0 Å². The third-order valence-corrected chi connectivity index (χ3v) is 4.33. The Morgan fingerprint density at radius 3 is 2.09 bits per heavy atom. The van der Waals surface area contributed by atoms with Gasteiger partial charge in [0, 0.05) is 12.0 Å². The first-order chi connectivity index (χ1) is 11.1. The molecule has 0 aliphatic heterocycles. The second kappa shape index (κ2) is 11.0. The van der Waals surface area contributed by atoms with Crippen LogP contribution < -0.4 is 0 Å². The van der Waals surface area contributed by atoms with E-state index in [9.17, 15) is 9.59 Å². The Morgan fingerprint density at radius 2 is 1.52 bits per heavy atom. The lowest BCUT2D eigenvalue weighted by molar-refractivity contribution is -0.136. The third-order valence-electron chi connectivity index (χ3n) is 4.33. The fourth-order valence-corrected chi connectivity index (χ4v) is 2.87. The first-order valence-electron chi connectivity index (χ1n) is 8.93. The van der Waals surface area contributed by atoms with Crippen molar-refractivity contribution in [2.45, 2.75) is 77.6 Å². The second-order valence-corrected chi connectivity index (χ2v) is 6.27. The van der Waals surface area contributed by atoms with E-state index in [0.29, 0.717) is 11.5 Å². The normalized spacial score (nSPS) is 12.1. The van der Waals surface area contributed by atoms with Crippen LogP contribution >= 0.6 is 0 Å². The highest BCUT2D eigenvalue weighted by Crippen LogP contribution is 2.28. The van der Waals surface area contributed by atoms with Gasteiger partial charge in [-0.05, 0) is 24.3 Å². The molecule has 1 aromatic rings. The van der Waals surface area contributed by atoms with E-state index >= 15 is 0 Å². The van der Waals surface area contributed by atoms with Crippen molar-refractivity contribution in [3.63, 3.8) is 0 Å². The summed E-state index contributed by atoms with van der Waals surface area (Å²) in [6.07, 6.45) is 8.58. The standard InChI is InChI=1S/C20H30O3/c1-3-5-7-9-16(8-6-4-2)17-10-12-18(13-11-17)19(21)14-15-20(22)23/h10-13,16H,3-9,14-15H2,1-2H3,(H,22,23). The molecule has 0 radical (unpaired) electrons. The van der Waals surface area contributed by atoms with Crippen molar-refractivity contribution in [3.8, 4) is 0 Å². The quantitative estimate of drug-likeness (QED) is 0.404. The number of ketones is 1. The topological polar surface area (TPSA) is 54.4 Å². The molecule has 0 saturated carbocycles. The van der Waals surface area contributed by atoms with Crippen molar-refractivity contribution in [1.29, 1.82) is 0 Å². The van der Waals surface area contributed by atoms with Gasteiger partial charge in [-0.3, -0.25) is 9.59 Å². The molecule has 3 nitrogen and oxygen atoms in total. The lowest BCUT2D eigenvalue weighted by Gasteiger charge is -2.17. The van der Waals surface area contributed by atoms with Gasteiger partial charge in [-0.2, -0.15) is 0 Å². The summed E-state index contributed by atoms with van der Waals surface area (Å²) < 4.78 is 0. The molecule has 0 amide bonds. The number of benzene rings is 1. The van der Waals surface area contributed by atoms with Gasteiger partial charge in [0.25, 0.3) is 0 Å². The Labute approximate surface area is 140 Å². The highest BCUT2D eigenvalue weighted by Gasteiger charge is 2.13. The van der Waals surface area contributed by atoms with Crippen LogP contribution in [0.1, 0.15) is 93.5 Å². The van der Waals surface area contributed by atoms with E-state index in [1.54, 1.807) is 0 Å². The molecule has 1 atom stereocenters. The van der Waals surface area contributed by atoms with E-state index in [2.05, 4.69) is 26.0 Å². The van der Waals surface area contributed by atoms with Gasteiger partial charge in [0.15, 0.2) is 5.78 Å². The van der Waals surface area contributed by atoms with Gasteiger partial charge < -0.3 is 5.11 Å². The van der Waals surface area contributed by atoms with Crippen LogP contribution in [0.2, 0.25) is 0 Å². The number of hydrogen-bond acceptors (Lipinski definition) is 2. The maximum atomic E-state index is 11.9. The Hall–Kier alpha value is -1.64. The number of Topliss-reactive ketones (excluding diaryl/α,β-unsaturated/α-hetero) is 1. The summed E-state index contributed by atoms with van der Waals surface area (Å²) in [5.41, 5.74) is 1.93. The molecular weight excluding hydrogens is 288 g/mol. The monoisotopic (exact) mass is 318 g/mol. The lowest BCUT2D eigenvalue weighted by Crippen LogP contribution is -2.05. The summed E-state index contributed by atoms with van der Waals surface area (Å²) in [6.45, 7) is 4.44. The van der Waals surface area contributed by atoms with E-state index in [1.807, 2.05) is 12.1 Å². The minimum Gasteiger partial charge on any atom is -0.481 e. The van der Waals surface area contributed by atoms with Gasteiger partial charge in [0.05, 0.1) is 6.42 Å². The number of carbonyl (C=O) groups excluding carboxylic acids is 1. The molecule has 0 aliphatic carbocycles. The largest absolute Gasteiger partial charge is 0.481 e. The van der Waals surface area contributed by atoms with Crippen molar-refractivity contribution in [2.24, 2.45) is 0 Å². The molecule has 0 spiro atoms. The molecule has 1 unspecified atom stereocenters. The Bertz CT molecular complexity index is 476. The van der Waals surface area contributed by atoms with E-state index < -0.39 is 5.97 Å². The zero-order valence-electron chi connectivity index (χ0n) is 14.5. The number of carboxylic acids is 1. The summed E-state index contributed by atoms with van der Waals surface area (Å²) in [5, 5.41) is 8.66. The number of unbranched alkanes of at least 4 members (excludes halogenated alkanes) is 3. The number of carboxylic acid groups (broad SMARTS) is 1. The van der Waals surface area contributed by atoms with Crippen LogP contribution in [-0.4, -0.2) is 16.9 Å². The number of rotatable bonds is 12. The van der Waals surface area contributed by atoms with Gasteiger partial charge >= 0.3 is 5.97 Å². The predicted molar refractivity (Wildman–Crippen MR) is 94.1 cm³/mol. The van der Waals surface area contributed by atoms with Crippen molar-refractivity contribution in [1.82, 2.24) is 0 Å². The van der Waals surface area contributed by atoms with Gasteiger partial charge in [-0.1, -0.05) is 70.2 Å². The summed E-state index contributed by atoms with van der Waals surface area (Å²) in [6, 6.07) is 7.83. The number of aliphatic carboxylic acids is 1. The Kier molecular flexibility index (Phi) is 9.27. The predicted octanol–water partition coefficient (Wildman–Crippen LogP) is 5.59. The van der Waals surface area contributed by atoms with Gasteiger partial charge in [0.2, 0.25) is 0 Å². The highest BCUT2D eigenvalue weighted by molar-refractivity contribution is 5.97.